The molecule has 1 fully saturated rings. The van der Waals surface area contributed by atoms with Crippen LogP contribution in [0.1, 0.15) is 62.8 Å². The molecule has 0 aromatic carbocycles. The molecule has 2 amide bonds. The Kier molecular flexibility index (Phi) is 4.70. The van der Waals surface area contributed by atoms with Crippen molar-refractivity contribution < 1.29 is 14.0 Å². The fraction of sp³-hybridized carbons (Fsp3) is 0.692. The van der Waals surface area contributed by atoms with Crippen LogP contribution in [0.25, 0.3) is 0 Å². The van der Waals surface area contributed by atoms with E-state index in [1.165, 1.54) is 20.4 Å². The molecular formula is C13H20N4O3. The first kappa shape index (κ1) is 14.5. The summed E-state index contributed by atoms with van der Waals surface area (Å²) in [5.74, 6) is 0.279. The van der Waals surface area contributed by atoms with Gasteiger partial charge < -0.3 is 15.1 Å². The summed E-state index contributed by atoms with van der Waals surface area (Å²) >= 11 is 0. The van der Waals surface area contributed by atoms with Gasteiger partial charge in [0.2, 0.25) is 17.7 Å². The Balaban J connectivity index is 2.15. The monoisotopic (exact) mass is 280 g/mol. The van der Waals surface area contributed by atoms with E-state index in [2.05, 4.69) is 20.8 Å². The van der Waals surface area contributed by atoms with Crippen LogP contribution in [0, 0.1) is 0 Å². The lowest BCUT2D eigenvalue weighted by Crippen LogP contribution is -2.38. The van der Waals surface area contributed by atoms with E-state index in [4.69, 9.17) is 4.42 Å². The Bertz CT molecular complexity index is 480. The second-order valence-corrected chi connectivity index (χ2v) is 5.06. The SMILES string of the molecule is CNC(=O)C(NC(C)=O)c1nnc(C2CCCCC2)o1. The average molecular weight is 280 g/mol. The topological polar surface area (TPSA) is 97.1 Å². The first-order valence-corrected chi connectivity index (χ1v) is 6.93. The van der Waals surface area contributed by atoms with E-state index in [1.54, 1.807) is 0 Å². The molecule has 1 aliphatic carbocycles. The molecule has 0 spiro atoms. The maximum Gasteiger partial charge on any atom is 0.252 e. The molecule has 1 aliphatic rings. The minimum Gasteiger partial charge on any atom is -0.422 e. The summed E-state index contributed by atoms with van der Waals surface area (Å²) in [6, 6.07) is -0.928. The Morgan fingerprint density at radius 3 is 2.55 bits per heavy atom. The molecule has 2 rings (SSSR count). The van der Waals surface area contributed by atoms with Gasteiger partial charge in [0.15, 0.2) is 6.04 Å². The maximum absolute atomic E-state index is 11.8. The zero-order chi connectivity index (χ0) is 14.5. The van der Waals surface area contributed by atoms with Crippen molar-refractivity contribution in [1.29, 1.82) is 0 Å². The highest BCUT2D eigenvalue weighted by Crippen LogP contribution is 2.32. The van der Waals surface area contributed by atoms with Crippen LogP contribution >= 0.6 is 0 Å². The van der Waals surface area contributed by atoms with Crippen molar-refractivity contribution in [2.24, 2.45) is 0 Å². The van der Waals surface area contributed by atoms with Gasteiger partial charge in [-0.2, -0.15) is 0 Å². The number of hydrogen-bond donors (Lipinski definition) is 2. The Labute approximate surface area is 117 Å². The lowest BCUT2D eigenvalue weighted by Gasteiger charge is -2.17. The third-order valence-electron chi connectivity index (χ3n) is 3.51. The van der Waals surface area contributed by atoms with Crippen molar-refractivity contribution in [2.45, 2.75) is 51.0 Å². The van der Waals surface area contributed by atoms with Crippen molar-refractivity contribution in [3.05, 3.63) is 11.8 Å². The molecule has 0 saturated heterocycles. The van der Waals surface area contributed by atoms with Crippen LogP contribution in [-0.2, 0) is 9.59 Å². The smallest absolute Gasteiger partial charge is 0.252 e. The molecule has 2 N–H and O–H groups in total. The van der Waals surface area contributed by atoms with E-state index in [9.17, 15) is 9.59 Å². The lowest BCUT2D eigenvalue weighted by molar-refractivity contribution is -0.128. The van der Waals surface area contributed by atoms with Gasteiger partial charge in [0, 0.05) is 19.9 Å². The molecule has 110 valence electrons. The predicted molar refractivity (Wildman–Crippen MR) is 70.7 cm³/mol. The van der Waals surface area contributed by atoms with Crippen molar-refractivity contribution in [2.75, 3.05) is 7.05 Å². The molecule has 0 aliphatic heterocycles. The number of carbonyl (C=O) groups is 2. The zero-order valence-electron chi connectivity index (χ0n) is 11.8. The van der Waals surface area contributed by atoms with Crippen LogP contribution in [0.15, 0.2) is 4.42 Å². The maximum atomic E-state index is 11.8. The highest BCUT2D eigenvalue weighted by Gasteiger charge is 2.28. The predicted octanol–water partition coefficient (Wildman–Crippen LogP) is 1.04. The molecule has 20 heavy (non-hydrogen) atoms. The summed E-state index contributed by atoms with van der Waals surface area (Å²) in [6.07, 6.45) is 5.63. The standard InChI is InChI=1S/C13H20N4O3/c1-8(18)15-10(11(19)14-2)13-17-16-12(20-13)9-6-4-3-5-7-9/h9-10H,3-7H2,1-2H3,(H,14,19)(H,15,18). The molecule has 1 heterocycles. The zero-order valence-corrected chi connectivity index (χ0v) is 11.8. The summed E-state index contributed by atoms with van der Waals surface area (Å²) in [6.45, 7) is 1.34. The van der Waals surface area contributed by atoms with E-state index < -0.39 is 6.04 Å². The van der Waals surface area contributed by atoms with Gasteiger partial charge in [0.05, 0.1) is 0 Å². The Morgan fingerprint density at radius 2 is 1.95 bits per heavy atom. The third-order valence-corrected chi connectivity index (χ3v) is 3.51. The Hall–Kier alpha value is -1.92. The summed E-state index contributed by atoms with van der Waals surface area (Å²) < 4.78 is 5.61. The van der Waals surface area contributed by atoms with Crippen LogP contribution in [0.4, 0.5) is 0 Å². The second-order valence-electron chi connectivity index (χ2n) is 5.06. The van der Waals surface area contributed by atoms with Gasteiger partial charge in [0.25, 0.3) is 5.91 Å². The van der Waals surface area contributed by atoms with Crippen molar-refractivity contribution in [1.82, 2.24) is 20.8 Å². The number of hydrogen-bond acceptors (Lipinski definition) is 5. The molecule has 7 heteroatoms. The van der Waals surface area contributed by atoms with E-state index in [0.717, 1.165) is 25.7 Å². The van der Waals surface area contributed by atoms with Crippen molar-refractivity contribution >= 4 is 11.8 Å². The van der Waals surface area contributed by atoms with E-state index >= 15 is 0 Å². The highest BCUT2D eigenvalue weighted by molar-refractivity contribution is 5.86. The van der Waals surface area contributed by atoms with E-state index in [-0.39, 0.29) is 23.6 Å². The summed E-state index contributed by atoms with van der Waals surface area (Å²) in [5, 5.41) is 13.0. The molecule has 7 nitrogen and oxygen atoms in total. The van der Waals surface area contributed by atoms with Gasteiger partial charge in [-0.15, -0.1) is 10.2 Å². The minimum atomic E-state index is -0.928. The largest absolute Gasteiger partial charge is 0.422 e. The van der Waals surface area contributed by atoms with Gasteiger partial charge in [-0.25, -0.2) is 0 Å². The third kappa shape index (κ3) is 3.34. The molecule has 0 bridgehead atoms. The number of rotatable bonds is 4. The van der Waals surface area contributed by atoms with Gasteiger partial charge >= 0.3 is 0 Å². The molecule has 1 unspecified atom stereocenters. The lowest BCUT2D eigenvalue weighted by atomic mass is 9.89. The minimum absolute atomic E-state index is 0.139. The van der Waals surface area contributed by atoms with Crippen LogP contribution in [0.5, 0.6) is 0 Å². The first-order chi connectivity index (χ1) is 9.61. The van der Waals surface area contributed by atoms with Gasteiger partial charge in [-0.3, -0.25) is 9.59 Å². The number of nitrogens with one attached hydrogen (secondary N) is 2. The normalized spacial score (nSPS) is 17.5. The Morgan fingerprint density at radius 1 is 1.25 bits per heavy atom. The molecule has 1 aromatic rings. The van der Waals surface area contributed by atoms with Gasteiger partial charge in [-0.1, -0.05) is 19.3 Å². The van der Waals surface area contributed by atoms with Crippen molar-refractivity contribution in [3.63, 3.8) is 0 Å². The fourth-order valence-corrected chi connectivity index (χ4v) is 2.46. The summed E-state index contributed by atoms with van der Waals surface area (Å²) in [5.41, 5.74) is 0. The van der Waals surface area contributed by atoms with Gasteiger partial charge in [0.1, 0.15) is 0 Å². The average Bonchev–Trinajstić information content (AvgIpc) is 2.94. The number of nitrogens with zero attached hydrogens (tertiary/aromatic N) is 2. The van der Waals surface area contributed by atoms with Crippen LogP contribution in [0.3, 0.4) is 0 Å². The summed E-state index contributed by atoms with van der Waals surface area (Å²) in [4.78, 5) is 23.0. The van der Waals surface area contributed by atoms with E-state index in [0.29, 0.717) is 5.89 Å². The van der Waals surface area contributed by atoms with E-state index in [1.807, 2.05) is 0 Å². The van der Waals surface area contributed by atoms with Crippen LogP contribution in [-0.4, -0.2) is 29.1 Å². The highest BCUT2D eigenvalue weighted by atomic mass is 16.4. The molecule has 1 atom stereocenters. The van der Waals surface area contributed by atoms with Gasteiger partial charge in [-0.05, 0) is 12.8 Å². The number of carbonyl (C=O) groups excluding carboxylic acids is 2. The number of aromatic nitrogens is 2. The quantitative estimate of drug-likeness (QED) is 0.859. The molecule has 1 saturated carbocycles. The van der Waals surface area contributed by atoms with Crippen LogP contribution in [0.2, 0.25) is 0 Å². The summed E-state index contributed by atoms with van der Waals surface area (Å²) in [7, 11) is 1.50. The fourth-order valence-electron chi connectivity index (χ4n) is 2.46. The van der Waals surface area contributed by atoms with Crippen molar-refractivity contribution in [3.8, 4) is 0 Å². The molecule has 0 radical (unpaired) electrons. The second kappa shape index (κ2) is 6.49. The van der Waals surface area contributed by atoms with Crippen LogP contribution < -0.4 is 10.6 Å². The first-order valence-electron chi connectivity index (χ1n) is 6.93. The molecular weight excluding hydrogens is 260 g/mol. The number of likely N-dealkylation sites (N-methyl/N-ethyl adjacent to an activating group) is 1. The number of amides is 2. The molecule has 1 aromatic heterocycles.